The largest absolute Gasteiger partial charge is 0.482 e. The van der Waals surface area contributed by atoms with Crippen LogP contribution in [0, 0.1) is 0 Å². The van der Waals surface area contributed by atoms with Gasteiger partial charge in [-0.25, -0.2) is 4.79 Å². The summed E-state index contributed by atoms with van der Waals surface area (Å²) >= 11 is 3.89. The molecular formula is C20H20O4S2. The highest BCUT2D eigenvalue weighted by molar-refractivity contribution is 8.23. The van der Waals surface area contributed by atoms with Crippen LogP contribution in [-0.4, -0.2) is 29.2 Å². The molecule has 1 fully saturated rings. The molecule has 0 aliphatic carbocycles. The molecule has 136 valence electrons. The number of carboxylic acid groups (broad SMARTS) is 1. The summed E-state index contributed by atoms with van der Waals surface area (Å²) in [6.45, 7) is 1.82. The third-order valence-electron chi connectivity index (χ3n) is 3.77. The molecule has 2 aromatic rings. The number of carboxylic acids is 1. The molecule has 2 aromatic carbocycles. The first-order valence-electron chi connectivity index (χ1n) is 8.31. The molecule has 3 rings (SSSR count). The van der Waals surface area contributed by atoms with Crippen LogP contribution >= 0.6 is 23.5 Å². The highest BCUT2D eigenvalue weighted by Crippen LogP contribution is 2.40. The maximum absolute atomic E-state index is 10.5. The standard InChI is InChI=1S/C20H20O4S2/c1-14(20-25-11-2-12-26-20)15-3-5-17(6-4-15)24-18-9-7-16(8-10-18)23-13-19(21)22/h3-10H,2,11-13H2,1H3,(H,21,22). The lowest BCUT2D eigenvalue weighted by Crippen LogP contribution is -2.09. The van der Waals surface area contributed by atoms with Gasteiger partial charge in [-0.3, -0.25) is 0 Å². The summed E-state index contributed by atoms with van der Waals surface area (Å²) in [7, 11) is 0. The van der Waals surface area contributed by atoms with Crippen LogP contribution < -0.4 is 9.47 Å². The number of benzene rings is 2. The molecule has 4 nitrogen and oxygen atoms in total. The van der Waals surface area contributed by atoms with Crippen molar-refractivity contribution in [3.63, 3.8) is 0 Å². The van der Waals surface area contributed by atoms with E-state index in [1.54, 1.807) is 24.3 Å². The molecule has 1 heterocycles. The molecule has 6 heteroatoms. The monoisotopic (exact) mass is 388 g/mol. The summed E-state index contributed by atoms with van der Waals surface area (Å²) in [6.07, 6.45) is 1.28. The number of aliphatic carboxylic acids is 1. The maximum atomic E-state index is 10.5. The van der Waals surface area contributed by atoms with E-state index < -0.39 is 5.97 Å². The molecule has 0 saturated carbocycles. The highest BCUT2D eigenvalue weighted by Gasteiger charge is 2.11. The van der Waals surface area contributed by atoms with Gasteiger partial charge in [0.25, 0.3) is 0 Å². The summed E-state index contributed by atoms with van der Waals surface area (Å²) in [5.74, 6) is 3.34. The van der Waals surface area contributed by atoms with Gasteiger partial charge < -0.3 is 14.6 Å². The second kappa shape index (κ2) is 9.05. The lowest BCUT2D eigenvalue weighted by molar-refractivity contribution is -0.139. The van der Waals surface area contributed by atoms with Crippen LogP contribution in [0.4, 0.5) is 0 Å². The fraction of sp³-hybridized carbons (Fsp3) is 0.250. The Morgan fingerprint density at radius 2 is 1.50 bits per heavy atom. The van der Waals surface area contributed by atoms with E-state index >= 15 is 0 Å². The van der Waals surface area contributed by atoms with Gasteiger partial charge in [0.05, 0.1) is 0 Å². The van der Waals surface area contributed by atoms with E-state index in [0.717, 1.165) is 5.75 Å². The quantitative estimate of drug-likeness (QED) is 0.705. The Kier molecular flexibility index (Phi) is 6.52. The van der Waals surface area contributed by atoms with Gasteiger partial charge >= 0.3 is 5.97 Å². The molecule has 0 bridgehead atoms. The zero-order valence-corrected chi connectivity index (χ0v) is 16.1. The molecule has 1 N–H and O–H groups in total. The van der Waals surface area contributed by atoms with Crippen LogP contribution in [0.2, 0.25) is 0 Å². The van der Waals surface area contributed by atoms with Crippen molar-refractivity contribution < 1.29 is 19.4 Å². The second-order valence-corrected chi connectivity index (χ2v) is 8.21. The average molecular weight is 389 g/mol. The van der Waals surface area contributed by atoms with Crippen LogP contribution in [0.1, 0.15) is 18.9 Å². The molecule has 1 aliphatic heterocycles. The first kappa shape index (κ1) is 18.7. The minimum Gasteiger partial charge on any atom is -0.482 e. The van der Waals surface area contributed by atoms with Crippen molar-refractivity contribution in [1.82, 2.24) is 0 Å². The van der Waals surface area contributed by atoms with E-state index in [-0.39, 0.29) is 6.61 Å². The molecular weight excluding hydrogens is 368 g/mol. The number of thioether (sulfide) groups is 2. The van der Waals surface area contributed by atoms with Crippen LogP contribution in [0.3, 0.4) is 0 Å². The van der Waals surface area contributed by atoms with Gasteiger partial charge in [0, 0.05) is 4.24 Å². The summed E-state index contributed by atoms with van der Waals surface area (Å²) in [4.78, 5) is 10.5. The number of ether oxygens (including phenoxy) is 2. The normalized spacial score (nSPS) is 14.0. The lowest BCUT2D eigenvalue weighted by atomic mass is 10.1. The van der Waals surface area contributed by atoms with Crippen LogP contribution in [0.25, 0.3) is 5.57 Å². The van der Waals surface area contributed by atoms with E-state index in [9.17, 15) is 4.79 Å². The van der Waals surface area contributed by atoms with Gasteiger partial charge in [0.15, 0.2) is 6.61 Å². The van der Waals surface area contributed by atoms with Gasteiger partial charge in [-0.15, -0.1) is 23.5 Å². The minimum atomic E-state index is -0.999. The predicted molar refractivity (Wildman–Crippen MR) is 108 cm³/mol. The SMILES string of the molecule is CC(=C1SCCCS1)c1ccc(Oc2ccc(OCC(=O)O)cc2)cc1. The van der Waals surface area contributed by atoms with Gasteiger partial charge in [-0.2, -0.15) is 0 Å². The third-order valence-corrected chi connectivity index (χ3v) is 6.60. The molecule has 0 radical (unpaired) electrons. The molecule has 0 spiro atoms. The molecule has 0 amide bonds. The number of hydrogen-bond acceptors (Lipinski definition) is 5. The Morgan fingerprint density at radius 1 is 0.962 bits per heavy atom. The van der Waals surface area contributed by atoms with E-state index in [2.05, 4.69) is 19.1 Å². The Morgan fingerprint density at radius 3 is 2.08 bits per heavy atom. The van der Waals surface area contributed by atoms with Crippen LogP contribution in [-0.2, 0) is 4.79 Å². The number of carbonyl (C=O) groups is 1. The Labute approximate surface area is 161 Å². The van der Waals surface area contributed by atoms with Crippen molar-refractivity contribution in [2.75, 3.05) is 18.1 Å². The summed E-state index contributed by atoms with van der Waals surface area (Å²) in [5.41, 5.74) is 2.54. The van der Waals surface area contributed by atoms with Crippen molar-refractivity contribution >= 4 is 35.1 Å². The second-order valence-electron chi connectivity index (χ2n) is 5.74. The number of hydrogen-bond donors (Lipinski definition) is 1. The Hall–Kier alpha value is -2.05. The smallest absolute Gasteiger partial charge is 0.341 e. The fourth-order valence-corrected chi connectivity index (χ4v) is 5.06. The van der Waals surface area contributed by atoms with Gasteiger partial charge in [-0.1, -0.05) is 12.1 Å². The van der Waals surface area contributed by atoms with Gasteiger partial charge in [0.1, 0.15) is 17.2 Å². The maximum Gasteiger partial charge on any atom is 0.341 e. The van der Waals surface area contributed by atoms with Gasteiger partial charge in [-0.05, 0) is 72.4 Å². The Bertz CT molecular complexity index is 774. The summed E-state index contributed by atoms with van der Waals surface area (Å²) in [6, 6.07) is 15.0. The van der Waals surface area contributed by atoms with Crippen molar-refractivity contribution in [3.05, 3.63) is 58.3 Å². The van der Waals surface area contributed by atoms with Crippen LogP contribution in [0.5, 0.6) is 17.2 Å². The first-order valence-corrected chi connectivity index (χ1v) is 10.3. The Balaban J connectivity index is 1.63. The molecule has 1 saturated heterocycles. The van der Waals surface area contributed by atoms with Crippen molar-refractivity contribution in [1.29, 1.82) is 0 Å². The average Bonchev–Trinajstić information content (AvgIpc) is 2.68. The van der Waals surface area contributed by atoms with E-state index in [0.29, 0.717) is 11.5 Å². The molecule has 26 heavy (non-hydrogen) atoms. The van der Waals surface area contributed by atoms with E-state index in [1.165, 1.54) is 33.3 Å². The highest BCUT2D eigenvalue weighted by atomic mass is 32.2. The molecule has 1 aliphatic rings. The summed E-state index contributed by atoms with van der Waals surface area (Å²) in [5, 5.41) is 8.61. The fourth-order valence-electron chi connectivity index (χ4n) is 2.42. The summed E-state index contributed by atoms with van der Waals surface area (Å²) < 4.78 is 12.4. The topological polar surface area (TPSA) is 55.8 Å². The number of rotatable bonds is 6. The van der Waals surface area contributed by atoms with Crippen molar-refractivity contribution in [3.8, 4) is 17.2 Å². The minimum absolute atomic E-state index is 0.354. The van der Waals surface area contributed by atoms with Crippen LogP contribution in [0.15, 0.2) is 52.8 Å². The van der Waals surface area contributed by atoms with Crippen molar-refractivity contribution in [2.24, 2.45) is 0 Å². The lowest BCUT2D eigenvalue weighted by Gasteiger charge is -2.16. The molecule has 0 unspecified atom stereocenters. The predicted octanol–water partition coefficient (Wildman–Crippen LogP) is 5.50. The molecule has 0 atom stereocenters. The first-order chi connectivity index (χ1) is 12.6. The van der Waals surface area contributed by atoms with Gasteiger partial charge in [0.2, 0.25) is 0 Å². The molecule has 0 aromatic heterocycles. The zero-order chi connectivity index (χ0) is 18.4. The third kappa shape index (κ3) is 5.22. The number of allylic oxidation sites excluding steroid dienone is 1. The van der Waals surface area contributed by atoms with E-state index in [4.69, 9.17) is 14.6 Å². The van der Waals surface area contributed by atoms with Crippen molar-refractivity contribution in [2.45, 2.75) is 13.3 Å². The van der Waals surface area contributed by atoms with E-state index in [1.807, 2.05) is 35.7 Å². The zero-order valence-electron chi connectivity index (χ0n) is 14.4.